The molecule has 0 amide bonds. The largest absolute Gasteiger partial charge is 0.385 e. The number of nitrogens with zero attached hydrogens (tertiary/aromatic N) is 3. The smallest absolute Gasteiger partial charge is 0.170 e. The van der Waals surface area contributed by atoms with E-state index in [0.717, 1.165) is 30.2 Å². The molecule has 1 N–H and O–H groups in total. The summed E-state index contributed by atoms with van der Waals surface area (Å²) >= 11 is 5.79. The van der Waals surface area contributed by atoms with Gasteiger partial charge in [-0.1, -0.05) is 25.1 Å². The van der Waals surface area contributed by atoms with E-state index < -0.39 is 0 Å². The van der Waals surface area contributed by atoms with Gasteiger partial charge in [0, 0.05) is 43.5 Å². The zero-order valence-electron chi connectivity index (χ0n) is 19.3. The van der Waals surface area contributed by atoms with Gasteiger partial charge in [0.25, 0.3) is 0 Å². The fourth-order valence-corrected chi connectivity index (χ4v) is 5.06. The number of benzene rings is 1. The minimum Gasteiger partial charge on any atom is -0.385 e. The second-order valence-electron chi connectivity index (χ2n) is 8.35. The van der Waals surface area contributed by atoms with Gasteiger partial charge in [-0.2, -0.15) is 0 Å². The highest BCUT2D eigenvalue weighted by Crippen LogP contribution is 2.41. The van der Waals surface area contributed by atoms with Crippen molar-refractivity contribution in [3.05, 3.63) is 82.9 Å². The molecule has 6 heteroatoms. The lowest BCUT2D eigenvalue weighted by Crippen LogP contribution is -2.31. The molecule has 0 aliphatic carbocycles. The SMILES string of the molecule is CCc1ccc(-n2c(C)cc(C3C(c4ccccn4)NC(=S)N3CCCOC)c2C)cc1. The zero-order chi connectivity index (χ0) is 22.7. The van der Waals surface area contributed by atoms with Crippen LogP contribution < -0.4 is 5.32 Å². The highest BCUT2D eigenvalue weighted by atomic mass is 32.1. The molecular formula is C26H32N4OS. The van der Waals surface area contributed by atoms with Gasteiger partial charge >= 0.3 is 0 Å². The van der Waals surface area contributed by atoms with Gasteiger partial charge in [0.2, 0.25) is 0 Å². The first-order valence-corrected chi connectivity index (χ1v) is 11.7. The first kappa shape index (κ1) is 22.5. The topological polar surface area (TPSA) is 42.3 Å². The molecule has 1 fully saturated rings. The Morgan fingerprint density at radius 2 is 1.91 bits per heavy atom. The summed E-state index contributed by atoms with van der Waals surface area (Å²) in [6, 6.07) is 17.3. The average molecular weight is 449 g/mol. The number of hydrogen-bond donors (Lipinski definition) is 1. The maximum atomic E-state index is 5.79. The number of hydrogen-bond acceptors (Lipinski definition) is 3. The maximum absolute atomic E-state index is 5.79. The molecule has 3 heterocycles. The third-order valence-electron chi connectivity index (χ3n) is 6.34. The van der Waals surface area contributed by atoms with Crippen molar-refractivity contribution in [1.29, 1.82) is 0 Å². The van der Waals surface area contributed by atoms with Crippen molar-refractivity contribution >= 4 is 17.3 Å². The molecule has 0 saturated carbocycles. The molecule has 1 aliphatic rings. The number of methoxy groups -OCH3 is 1. The molecule has 32 heavy (non-hydrogen) atoms. The molecule has 0 spiro atoms. The molecule has 1 aliphatic heterocycles. The number of rotatable bonds is 8. The maximum Gasteiger partial charge on any atom is 0.170 e. The quantitative estimate of drug-likeness (QED) is 0.385. The molecule has 1 aromatic carbocycles. The van der Waals surface area contributed by atoms with Crippen molar-refractivity contribution in [2.45, 2.75) is 45.7 Å². The van der Waals surface area contributed by atoms with Crippen LogP contribution in [0, 0.1) is 13.8 Å². The predicted molar refractivity (Wildman–Crippen MR) is 133 cm³/mol. The molecule has 2 atom stereocenters. The van der Waals surface area contributed by atoms with E-state index in [9.17, 15) is 0 Å². The molecule has 168 valence electrons. The van der Waals surface area contributed by atoms with Crippen LogP contribution in [0.5, 0.6) is 0 Å². The molecule has 4 rings (SSSR count). The van der Waals surface area contributed by atoms with E-state index >= 15 is 0 Å². The van der Waals surface area contributed by atoms with E-state index in [1.165, 1.54) is 28.2 Å². The van der Waals surface area contributed by atoms with Crippen molar-refractivity contribution in [2.75, 3.05) is 20.3 Å². The van der Waals surface area contributed by atoms with Gasteiger partial charge in [-0.15, -0.1) is 0 Å². The summed E-state index contributed by atoms with van der Waals surface area (Å²) in [6.07, 6.45) is 3.81. The van der Waals surface area contributed by atoms with Crippen molar-refractivity contribution in [3.63, 3.8) is 0 Å². The summed E-state index contributed by atoms with van der Waals surface area (Å²) in [6.45, 7) is 8.12. The normalized spacial score (nSPS) is 18.2. The van der Waals surface area contributed by atoms with E-state index in [2.05, 4.69) is 76.9 Å². The van der Waals surface area contributed by atoms with E-state index in [-0.39, 0.29) is 12.1 Å². The number of aromatic nitrogens is 2. The Balaban J connectivity index is 1.76. The van der Waals surface area contributed by atoms with Gasteiger partial charge in [0.15, 0.2) is 5.11 Å². The zero-order valence-corrected chi connectivity index (χ0v) is 20.2. The fourth-order valence-electron chi connectivity index (χ4n) is 4.73. The van der Waals surface area contributed by atoms with Crippen molar-refractivity contribution in [3.8, 4) is 5.69 Å². The highest BCUT2D eigenvalue weighted by molar-refractivity contribution is 7.80. The number of thiocarbonyl (C=S) groups is 1. The van der Waals surface area contributed by atoms with E-state index in [4.69, 9.17) is 17.0 Å². The summed E-state index contributed by atoms with van der Waals surface area (Å²) in [5, 5.41) is 4.33. The summed E-state index contributed by atoms with van der Waals surface area (Å²) in [5.41, 5.74) is 7.28. The molecule has 5 nitrogen and oxygen atoms in total. The van der Waals surface area contributed by atoms with Crippen LogP contribution in [0.15, 0.2) is 54.7 Å². The summed E-state index contributed by atoms with van der Waals surface area (Å²) in [7, 11) is 1.74. The lowest BCUT2D eigenvalue weighted by molar-refractivity contribution is 0.180. The molecule has 2 unspecified atom stereocenters. The third kappa shape index (κ3) is 4.30. The first-order chi connectivity index (χ1) is 15.5. The average Bonchev–Trinajstić information content (AvgIpc) is 3.29. The van der Waals surface area contributed by atoms with E-state index in [1.54, 1.807) is 7.11 Å². The van der Waals surface area contributed by atoms with Gasteiger partial charge in [0.1, 0.15) is 0 Å². The lowest BCUT2D eigenvalue weighted by Gasteiger charge is -2.28. The number of pyridine rings is 1. The van der Waals surface area contributed by atoms with Gasteiger partial charge in [-0.3, -0.25) is 4.98 Å². The van der Waals surface area contributed by atoms with Crippen LogP contribution in [0.4, 0.5) is 0 Å². The number of nitrogens with one attached hydrogen (secondary N) is 1. The van der Waals surface area contributed by atoms with E-state index in [0.29, 0.717) is 6.61 Å². The minimum absolute atomic E-state index is 0.00247. The van der Waals surface area contributed by atoms with Crippen molar-refractivity contribution in [2.24, 2.45) is 0 Å². The number of aryl methyl sites for hydroxylation is 2. The third-order valence-corrected chi connectivity index (χ3v) is 6.69. The highest BCUT2D eigenvalue weighted by Gasteiger charge is 2.41. The summed E-state index contributed by atoms with van der Waals surface area (Å²) in [5.74, 6) is 0. The lowest BCUT2D eigenvalue weighted by atomic mass is 9.96. The number of ether oxygens (including phenoxy) is 1. The van der Waals surface area contributed by atoms with Crippen LogP contribution in [0.25, 0.3) is 5.69 Å². The Bertz CT molecular complexity index is 1060. The van der Waals surface area contributed by atoms with Crippen LogP contribution in [-0.4, -0.2) is 39.8 Å². The van der Waals surface area contributed by atoms with Crippen LogP contribution in [-0.2, 0) is 11.2 Å². The Kier molecular flexibility index (Phi) is 6.92. The monoisotopic (exact) mass is 448 g/mol. The Morgan fingerprint density at radius 3 is 2.56 bits per heavy atom. The van der Waals surface area contributed by atoms with Crippen LogP contribution in [0.3, 0.4) is 0 Å². The predicted octanol–water partition coefficient (Wildman–Crippen LogP) is 5.06. The first-order valence-electron chi connectivity index (χ1n) is 11.3. The van der Waals surface area contributed by atoms with Gasteiger partial charge in [0.05, 0.1) is 17.8 Å². The van der Waals surface area contributed by atoms with Crippen molar-refractivity contribution in [1.82, 2.24) is 19.8 Å². The Morgan fingerprint density at radius 1 is 1.12 bits per heavy atom. The fraction of sp³-hybridized carbons (Fsp3) is 0.385. The van der Waals surface area contributed by atoms with Gasteiger partial charge in [-0.25, -0.2) is 0 Å². The molecule has 0 radical (unpaired) electrons. The van der Waals surface area contributed by atoms with Gasteiger partial charge < -0.3 is 19.5 Å². The second-order valence-corrected chi connectivity index (χ2v) is 8.73. The summed E-state index contributed by atoms with van der Waals surface area (Å²) in [4.78, 5) is 6.96. The minimum atomic E-state index is 0.00247. The second kappa shape index (κ2) is 9.84. The summed E-state index contributed by atoms with van der Waals surface area (Å²) < 4.78 is 7.65. The van der Waals surface area contributed by atoms with Crippen LogP contribution in [0.1, 0.15) is 53.6 Å². The van der Waals surface area contributed by atoms with Crippen LogP contribution in [0.2, 0.25) is 0 Å². The van der Waals surface area contributed by atoms with Gasteiger partial charge in [-0.05, 0) is 80.4 Å². The molecule has 0 bridgehead atoms. The standard InChI is InChI=1S/C26H32N4OS/c1-5-20-10-12-21(13-11-20)30-18(2)17-22(19(30)3)25-24(23-9-6-7-14-27-23)28-26(32)29(25)15-8-16-31-4/h6-7,9-14,17,24-25H,5,8,15-16H2,1-4H3,(H,28,32). The molecule has 2 aromatic heterocycles. The van der Waals surface area contributed by atoms with Crippen LogP contribution >= 0.6 is 12.2 Å². The van der Waals surface area contributed by atoms with Crippen molar-refractivity contribution < 1.29 is 4.74 Å². The molecular weight excluding hydrogens is 416 g/mol. The Labute approximate surface area is 196 Å². The molecule has 1 saturated heterocycles. The molecule has 3 aromatic rings. The Hall–Kier alpha value is -2.70. The van der Waals surface area contributed by atoms with E-state index in [1.807, 2.05) is 18.3 Å².